The van der Waals surface area contributed by atoms with Crippen LogP contribution in [0.5, 0.6) is 0 Å². The van der Waals surface area contributed by atoms with Gasteiger partial charge in [0.1, 0.15) is 6.07 Å². The van der Waals surface area contributed by atoms with Crippen molar-refractivity contribution in [1.82, 2.24) is 4.57 Å². The number of nitrogens with two attached hydrogens (primary N) is 1. The van der Waals surface area contributed by atoms with Crippen LogP contribution >= 0.6 is 0 Å². The average Bonchev–Trinajstić information content (AvgIpc) is 2.92. The summed E-state index contributed by atoms with van der Waals surface area (Å²) in [5, 5.41) is 9.17. The zero-order chi connectivity index (χ0) is 18.0. The van der Waals surface area contributed by atoms with Gasteiger partial charge in [0.15, 0.2) is 5.69 Å². The lowest BCUT2D eigenvalue weighted by Gasteiger charge is -2.13. The summed E-state index contributed by atoms with van der Waals surface area (Å²) in [5.41, 5.74) is 8.57. The summed E-state index contributed by atoms with van der Waals surface area (Å²) < 4.78 is 11.0. The Balaban J connectivity index is 2.78. The van der Waals surface area contributed by atoms with Gasteiger partial charge in [-0.15, -0.1) is 0 Å². The number of anilines is 1. The summed E-state index contributed by atoms with van der Waals surface area (Å²) in [4.78, 5) is 24.0. The van der Waals surface area contributed by atoms with Crippen molar-refractivity contribution >= 4 is 17.6 Å². The zero-order valence-electron chi connectivity index (χ0n) is 13.8. The SMILES string of the molecule is COC(=O)c1cc(-n2cc(C#N)c(N)c2C(=O)OC)cc(C)c1C. The van der Waals surface area contributed by atoms with E-state index >= 15 is 0 Å². The van der Waals surface area contributed by atoms with Gasteiger partial charge in [-0.25, -0.2) is 9.59 Å². The summed E-state index contributed by atoms with van der Waals surface area (Å²) in [6.07, 6.45) is 1.44. The van der Waals surface area contributed by atoms with E-state index in [0.717, 1.165) is 11.1 Å². The van der Waals surface area contributed by atoms with Crippen LogP contribution in [0.15, 0.2) is 18.3 Å². The van der Waals surface area contributed by atoms with Crippen LogP contribution < -0.4 is 5.73 Å². The molecule has 7 heteroatoms. The van der Waals surface area contributed by atoms with Crippen molar-refractivity contribution in [3.05, 3.63) is 46.3 Å². The largest absolute Gasteiger partial charge is 0.465 e. The minimum Gasteiger partial charge on any atom is -0.465 e. The molecule has 0 saturated carbocycles. The molecule has 0 atom stereocenters. The minimum absolute atomic E-state index is 0.0298. The molecule has 2 rings (SSSR count). The molecule has 0 unspecified atom stereocenters. The van der Waals surface area contributed by atoms with Crippen molar-refractivity contribution in [3.8, 4) is 11.8 Å². The summed E-state index contributed by atoms with van der Waals surface area (Å²) in [5.74, 6) is -1.16. The smallest absolute Gasteiger partial charge is 0.357 e. The molecule has 1 aromatic carbocycles. The van der Waals surface area contributed by atoms with Crippen molar-refractivity contribution in [1.29, 1.82) is 5.26 Å². The fourth-order valence-electron chi connectivity index (χ4n) is 2.42. The van der Waals surface area contributed by atoms with Crippen molar-refractivity contribution in [2.45, 2.75) is 13.8 Å². The topological polar surface area (TPSA) is 107 Å². The molecule has 1 aromatic heterocycles. The predicted octanol–water partition coefficient (Wildman–Crippen LogP) is 2.12. The van der Waals surface area contributed by atoms with Gasteiger partial charge < -0.3 is 19.8 Å². The normalized spacial score (nSPS) is 10.1. The van der Waals surface area contributed by atoms with Crippen molar-refractivity contribution in [2.75, 3.05) is 20.0 Å². The first-order valence-electron chi connectivity index (χ1n) is 7.04. The second-order valence-electron chi connectivity index (χ2n) is 5.21. The third-order valence-electron chi connectivity index (χ3n) is 3.88. The van der Waals surface area contributed by atoms with Gasteiger partial charge in [0.2, 0.25) is 0 Å². The maximum atomic E-state index is 12.1. The highest BCUT2D eigenvalue weighted by atomic mass is 16.5. The number of esters is 2. The number of nitriles is 1. The van der Waals surface area contributed by atoms with Crippen LogP contribution in [0.2, 0.25) is 0 Å². The molecule has 7 nitrogen and oxygen atoms in total. The summed E-state index contributed by atoms with van der Waals surface area (Å²) in [6.45, 7) is 3.64. The van der Waals surface area contributed by atoms with E-state index in [1.54, 1.807) is 19.1 Å². The molecule has 1 heterocycles. The molecule has 0 saturated heterocycles. The number of aryl methyl sites for hydroxylation is 1. The van der Waals surface area contributed by atoms with Crippen LogP contribution in [-0.4, -0.2) is 30.7 Å². The van der Waals surface area contributed by atoms with Crippen LogP contribution in [0.4, 0.5) is 5.69 Å². The standard InChI is InChI=1S/C17H17N3O4/c1-9-5-12(6-13(10(9)2)16(21)23-3)20-8-11(7-18)14(19)15(20)17(22)24-4/h5-6,8H,19H2,1-4H3. The molecule has 124 valence electrons. The zero-order valence-corrected chi connectivity index (χ0v) is 13.8. The number of aromatic nitrogens is 1. The van der Waals surface area contributed by atoms with Crippen LogP contribution in [0.1, 0.15) is 37.5 Å². The second kappa shape index (κ2) is 6.46. The van der Waals surface area contributed by atoms with Gasteiger partial charge in [-0.05, 0) is 37.1 Å². The quantitative estimate of drug-likeness (QED) is 0.865. The fraction of sp³-hybridized carbons (Fsp3) is 0.235. The number of hydrogen-bond donors (Lipinski definition) is 1. The molecule has 0 aliphatic carbocycles. The molecule has 0 fully saturated rings. The molecule has 24 heavy (non-hydrogen) atoms. The number of carbonyl (C=O) groups is 2. The van der Waals surface area contributed by atoms with E-state index in [1.807, 2.05) is 13.0 Å². The maximum Gasteiger partial charge on any atom is 0.357 e. The molecule has 2 N–H and O–H groups in total. The number of nitrogen functional groups attached to an aromatic ring is 1. The maximum absolute atomic E-state index is 12.1. The minimum atomic E-state index is -0.674. The molecular weight excluding hydrogens is 310 g/mol. The van der Waals surface area contributed by atoms with Gasteiger partial charge in [0.05, 0.1) is 31.0 Å². The van der Waals surface area contributed by atoms with Gasteiger partial charge in [-0.2, -0.15) is 5.26 Å². The number of nitrogens with zero attached hydrogens (tertiary/aromatic N) is 2. The Morgan fingerprint density at radius 3 is 2.33 bits per heavy atom. The number of benzene rings is 1. The van der Waals surface area contributed by atoms with E-state index < -0.39 is 11.9 Å². The molecule has 2 aromatic rings. The van der Waals surface area contributed by atoms with E-state index in [9.17, 15) is 9.59 Å². The monoisotopic (exact) mass is 327 g/mol. The molecule has 0 aliphatic heterocycles. The summed E-state index contributed by atoms with van der Waals surface area (Å²) in [6, 6.07) is 5.31. The molecule has 0 radical (unpaired) electrons. The van der Waals surface area contributed by atoms with Crippen LogP contribution in [0.25, 0.3) is 5.69 Å². The Kier molecular flexibility index (Phi) is 4.60. The van der Waals surface area contributed by atoms with Crippen LogP contribution in [-0.2, 0) is 9.47 Å². The van der Waals surface area contributed by atoms with E-state index in [0.29, 0.717) is 11.3 Å². The second-order valence-corrected chi connectivity index (χ2v) is 5.21. The Morgan fingerprint density at radius 1 is 1.17 bits per heavy atom. The Bertz CT molecular complexity index is 875. The number of hydrogen-bond acceptors (Lipinski definition) is 6. The lowest BCUT2D eigenvalue weighted by molar-refractivity contribution is 0.0588. The van der Waals surface area contributed by atoms with E-state index in [4.69, 9.17) is 20.5 Å². The van der Waals surface area contributed by atoms with Crippen molar-refractivity contribution < 1.29 is 19.1 Å². The third-order valence-corrected chi connectivity index (χ3v) is 3.88. The number of ether oxygens (including phenoxy) is 2. The van der Waals surface area contributed by atoms with Crippen LogP contribution in [0.3, 0.4) is 0 Å². The first-order chi connectivity index (χ1) is 11.3. The summed E-state index contributed by atoms with van der Waals surface area (Å²) in [7, 11) is 2.52. The number of rotatable bonds is 3. The Hall–Kier alpha value is -3.27. The molecule has 0 aliphatic rings. The highest BCUT2D eigenvalue weighted by Gasteiger charge is 2.23. The van der Waals surface area contributed by atoms with E-state index in [1.165, 1.54) is 25.0 Å². The number of methoxy groups -OCH3 is 2. The number of carbonyl (C=O) groups excluding carboxylic acids is 2. The lowest BCUT2D eigenvalue weighted by atomic mass is 10.0. The van der Waals surface area contributed by atoms with Crippen molar-refractivity contribution in [2.24, 2.45) is 0 Å². The van der Waals surface area contributed by atoms with Crippen molar-refractivity contribution in [3.63, 3.8) is 0 Å². The van der Waals surface area contributed by atoms with E-state index in [2.05, 4.69) is 0 Å². The summed E-state index contributed by atoms with van der Waals surface area (Å²) >= 11 is 0. The van der Waals surface area contributed by atoms with Gasteiger partial charge in [-0.3, -0.25) is 0 Å². The molecular formula is C17H17N3O4. The third kappa shape index (κ3) is 2.70. The predicted molar refractivity (Wildman–Crippen MR) is 87.0 cm³/mol. The van der Waals surface area contributed by atoms with Gasteiger partial charge in [-0.1, -0.05) is 0 Å². The highest BCUT2D eigenvalue weighted by Crippen LogP contribution is 2.27. The Morgan fingerprint density at radius 2 is 1.79 bits per heavy atom. The highest BCUT2D eigenvalue weighted by molar-refractivity contribution is 5.96. The van der Waals surface area contributed by atoms with Gasteiger partial charge in [0.25, 0.3) is 0 Å². The molecule has 0 amide bonds. The fourth-order valence-corrected chi connectivity index (χ4v) is 2.42. The average molecular weight is 327 g/mol. The molecule has 0 spiro atoms. The Labute approximate surface area is 139 Å². The molecule has 0 bridgehead atoms. The van der Waals surface area contributed by atoms with Gasteiger partial charge >= 0.3 is 11.9 Å². The van der Waals surface area contributed by atoms with Crippen LogP contribution in [0, 0.1) is 25.2 Å². The van der Waals surface area contributed by atoms with Gasteiger partial charge in [0, 0.05) is 11.9 Å². The lowest BCUT2D eigenvalue weighted by Crippen LogP contribution is -2.13. The van der Waals surface area contributed by atoms with E-state index in [-0.39, 0.29) is 16.9 Å². The first kappa shape index (κ1) is 17.1. The first-order valence-corrected chi connectivity index (χ1v) is 7.04.